The van der Waals surface area contributed by atoms with Gasteiger partial charge in [0.1, 0.15) is 0 Å². The summed E-state index contributed by atoms with van der Waals surface area (Å²) >= 11 is 0. The molecule has 1 nitrogen and oxygen atoms in total. The third-order valence-electron chi connectivity index (χ3n) is 2.82. The Morgan fingerprint density at radius 3 is 1.94 bits per heavy atom. The van der Waals surface area contributed by atoms with Gasteiger partial charge in [-0.2, -0.15) is 0 Å². The highest BCUT2D eigenvalue weighted by Crippen LogP contribution is 2.19. The molecule has 0 saturated heterocycles. The summed E-state index contributed by atoms with van der Waals surface area (Å²) in [5.74, 6) is 0.198. The molecular weight excluding hydrogens is 196 g/mol. The van der Waals surface area contributed by atoms with E-state index in [0.29, 0.717) is 0 Å². The number of aliphatic hydroxyl groups is 1. The van der Waals surface area contributed by atoms with Crippen molar-refractivity contribution in [3.05, 3.63) is 71.8 Å². The van der Waals surface area contributed by atoms with Gasteiger partial charge in [0, 0.05) is 5.92 Å². The van der Waals surface area contributed by atoms with Gasteiger partial charge in [-0.1, -0.05) is 60.7 Å². The lowest BCUT2D eigenvalue weighted by Crippen LogP contribution is -2.07. The fourth-order valence-electron chi connectivity index (χ4n) is 1.91. The van der Waals surface area contributed by atoms with Crippen LogP contribution in [0.5, 0.6) is 0 Å². The first-order valence-corrected chi connectivity index (χ1v) is 5.60. The number of aliphatic hydroxyl groups excluding tert-OH is 1. The SMILES string of the molecule is OC[C@H](Cc1ccccc1)c1ccccc1. The average Bonchev–Trinajstić information content (AvgIpc) is 2.38. The van der Waals surface area contributed by atoms with Crippen LogP contribution in [0, 0.1) is 0 Å². The molecule has 0 heterocycles. The van der Waals surface area contributed by atoms with Crippen molar-refractivity contribution in [3.63, 3.8) is 0 Å². The van der Waals surface area contributed by atoms with Crippen molar-refractivity contribution in [2.24, 2.45) is 0 Å². The van der Waals surface area contributed by atoms with Crippen LogP contribution >= 0.6 is 0 Å². The number of benzene rings is 2. The Hall–Kier alpha value is -1.60. The third kappa shape index (κ3) is 2.71. The molecule has 2 rings (SSSR count). The van der Waals surface area contributed by atoms with Crippen LogP contribution in [0.1, 0.15) is 17.0 Å². The highest BCUT2D eigenvalue weighted by Gasteiger charge is 2.10. The average molecular weight is 212 g/mol. The minimum atomic E-state index is 0.193. The predicted octanol–water partition coefficient (Wildman–Crippen LogP) is 3.01. The third-order valence-corrected chi connectivity index (χ3v) is 2.82. The van der Waals surface area contributed by atoms with Crippen molar-refractivity contribution in [1.82, 2.24) is 0 Å². The number of hydrogen-bond donors (Lipinski definition) is 1. The molecule has 1 atom stereocenters. The summed E-state index contributed by atoms with van der Waals surface area (Å²) in [6.07, 6.45) is 0.890. The Morgan fingerprint density at radius 1 is 0.812 bits per heavy atom. The summed E-state index contributed by atoms with van der Waals surface area (Å²) in [5.41, 5.74) is 2.47. The molecule has 0 radical (unpaired) electrons. The summed E-state index contributed by atoms with van der Waals surface area (Å²) in [4.78, 5) is 0. The minimum Gasteiger partial charge on any atom is -0.396 e. The summed E-state index contributed by atoms with van der Waals surface area (Å²) < 4.78 is 0. The van der Waals surface area contributed by atoms with E-state index in [1.807, 2.05) is 36.4 Å². The Balaban J connectivity index is 2.13. The maximum absolute atomic E-state index is 9.44. The quantitative estimate of drug-likeness (QED) is 0.826. The van der Waals surface area contributed by atoms with E-state index in [1.165, 1.54) is 11.1 Å². The molecule has 0 aliphatic carbocycles. The summed E-state index contributed by atoms with van der Waals surface area (Å²) in [6.45, 7) is 0.193. The molecule has 0 spiro atoms. The van der Waals surface area contributed by atoms with Gasteiger partial charge >= 0.3 is 0 Å². The number of rotatable bonds is 4. The molecule has 0 aromatic heterocycles. The maximum Gasteiger partial charge on any atom is 0.0502 e. The van der Waals surface area contributed by atoms with Crippen molar-refractivity contribution in [2.45, 2.75) is 12.3 Å². The highest BCUT2D eigenvalue weighted by molar-refractivity contribution is 5.24. The van der Waals surface area contributed by atoms with E-state index in [2.05, 4.69) is 24.3 Å². The summed E-state index contributed by atoms with van der Waals surface area (Å²) in [5, 5.41) is 9.44. The first-order chi connectivity index (χ1) is 7.90. The van der Waals surface area contributed by atoms with Gasteiger partial charge in [0.05, 0.1) is 6.61 Å². The molecule has 2 aromatic carbocycles. The Kier molecular flexibility index (Phi) is 3.73. The van der Waals surface area contributed by atoms with Gasteiger partial charge in [-0.05, 0) is 17.5 Å². The molecule has 0 aliphatic heterocycles. The van der Waals surface area contributed by atoms with Gasteiger partial charge in [-0.15, -0.1) is 0 Å². The fraction of sp³-hybridized carbons (Fsp3) is 0.200. The lowest BCUT2D eigenvalue weighted by atomic mass is 9.93. The summed E-state index contributed by atoms with van der Waals surface area (Å²) in [7, 11) is 0. The number of hydrogen-bond acceptors (Lipinski definition) is 1. The second-order valence-corrected chi connectivity index (χ2v) is 3.98. The van der Waals surface area contributed by atoms with Crippen molar-refractivity contribution in [2.75, 3.05) is 6.61 Å². The normalized spacial score (nSPS) is 12.3. The second-order valence-electron chi connectivity index (χ2n) is 3.98. The van der Waals surface area contributed by atoms with E-state index >= 15 is 0 Å². The smallest absolute Gasteiger partial charge is 0.0502 e. The van der Waals surface area contributed by atoms with Crippen LogP contribution in [-0.2, 0) is 6.42 Å². The standard InChI is InChI=1S/C15H16O/c16-12-15(14-9-5-2-6-10-14)11-13-7-3-1-4-8-13/h1-10,15-16H,11-12H2/t15-/m0/s1. The van der Waals surface area contributed by atoms with Crippen LogP contribution in [0.15, 0.2) is 60.7 Å². The van der Waals surface area contributed by atoms with Crippen molar-refractivity contribution in [3.8, 4) is 0 Å². The van der Waals surface area contributed by atoms with Gasteiger partial charge in [0.2, 0.25) is 0 Å². The molecule has 0 aliphatic rings. The van der Waals surface area contributed by atoms with E-state index in [1.54, 1.807) is 0 Å². The molecule has 0 amide bonds. The first-order valence-electron chi connectivity index (χ1n) is 5.60. The van der Waals surface area contributed by atoms with E-state index in [0.717, 1.165) is 6.42 Å². The topological polar surface area (TPSA) is 20.2 Å². The summed E-state index contributed by atoms with van der Waals surface area (Å²) in [6, 6.07) is 20.5. The van der Waals surface area contributed by atoms with Crippen LogP contribution in [0.3, 0.4) is 0 Å². The van der Waals surface area contributed by atoms with Gasteiger partial charge < -0.3 is 5.11 Å². The van der Waals surface area contributed by atoms with E-state index < -0.39 is 0 Å². The maximum atomic E-state index is 9.44. The van der Waals surface area contributed by atoms with E-state index in [4.69, 9.17) is 0 Å². The van der Waals surface area contributed by atoms with Crippen LogP contribution in [0.2, 0.25) is 0 Å². The molecule has 0 fully saturated rings. The lowest BCUT2D eigenvalue weighted by molar-refractivity contribution is 0.264. The van der Waals surface area contributed by atoms with Crippen LogP contribution in [0.4, 0.5) is 0 Å². The molecule has 0 unspecified atom stereocenters. The van der Waals surface area contributed by atoms with E-state index in [-0.39, 0.29) is 12.5 Å². The van der Waals surface area contributed by atoms with Crippen molar-refractivity contribution < 1.29 is 5.11 Å². The first kappa shape index (κ1) is 10.9. The molecule has 16 heavy (non-hydrogen) atoms. The largest absolute Gasteiger partial charge is 0.396 e. The lowest BCUT2D eigenvalue weighted by Gasteiger charge is -2.14. The molecule has 1 N–H and O–H groups in total. The van der Waals surface area contributed by atoms with Crippen molar-refractivity contribution >= 4 is 0 Å². The molecule has 0 saturated carbocycles. The molecule has 1 heteroatoms. The molecule has 82 valence electrons. The zero-order chi connectivity index (χ0) is 11.2. The predicted molar refractivity (Wildman–Crippen MR) is 66.4 cm³/mol. The van der Waals surface area contributed by atoms with Gasteiger partial charge in [0.15, 0.2) is 0 Å². The Morgan fingerprint density at radius 2 is 1.38 bits per heavy atom. The fourth-order valence-corrected chi connectivity index (χ4v) is 1.91. The van der Waals surface area contributed by atoms with Gasteiger partial charge in [-0.3, -0.25) is 0 Å². The van der Waals surface area contributed by atoms with E-state index in [9.17, 15) is 5.11 Å². The van der Waals surface area contributed by atoms with Crippen LogP contribution in [-0.4, -0.2) is 11.7 Å². The molecular formula is C15H16O. The molecule has 2 aromatic rings. The Labute approximate surface area is 96.4 Å². The Bertz CT molecular complexity index is 408. The highest BCUT2D eigenvalue weighted by atomic mass is 16.3. The zero-order valence-electron chi connectivity index (χ0n) is 9.21. The van der Waals surface area contributed by atoms with Crippen LogP contribution < -0.4 is 0 Å². The van der Waals surface area contributed by atoms with Crippen molar-refractivity contribution in [1.29, 1.82) is 0 Å². The minimum absolute atomic E-state index is 0.193. The van der Waals surface area contributed by atoms with Gasteiger partial charge in [-0.25, -0.2) is 0 Å². The molecule has 0 bridgehead atoms. The van der Waals surface area contributed by atoms with Gasteiger partial charge in [0.25, 0.3) is 0 Å². The second kappa shape index (κ2) is 5.47. The monoisotopic (exact) mass is 212 g/mol. The zero-order valence-corrected chi connectivity index (χ0v) is 9.21. The van der Waals surface area contributed by atoms with Crippen LogP contribution in [0.25, 0.3) is 0 Å².